The molecule has 0 fully saturated rings. The molecule has 0 aliphatic rings. The van der Waals surface area contributed by atoms with E-state index >= 15 is 0 Å². The molecule has 3 nitrogen and oxygen atoms in total. The highest BCUT2D eigenvalue weighted by molar-refractivity contribution is 6.32. The minimum Gasteiger partial charge on any atom is -0.491 e. The van der Waals surface area contributed by atoms with Crippen LogP contribution >= 0.6 is 23.2 Å². The number of aliphatic imine (C=N–C) groups is 1. The van der Waals surface area contributed by atoms with Gasteiger partial charge in [0, 0.05) is 11.2 Å². The summed E-state index contributed by atoms with van der Waals surface area (Å²) in [5.41, 5.74) is 2.62. The van der Waals surface area contributed by atoms with E-state index in [1.165, 1.54) is 0 Å². The molecule has 0 unspecified atom stereocenters. The Balaban J connectivity index is 2.32. The lowest BCUT2D eigenvalue weighted by atomic mass is 10.2. The van der Waals surface area contributed by atoms with Crippen molar-refractivity contribution in [3.8, 4) is 11.5 Å². The number of methoxy groups -OCH3 is 1. The monoisotopic (exact) mass is 337 g/mol. The van der Waals surface area contributed by atoms with Crippen molar-refractivity contribution in [3.63, 3.8) is 0 Å². The zero-order valence-electron chi connectivity index (χ0n) is 12.7. The molecule has 22 heavy (non-hydrogen) atoms. The van der Waals surface area contributed by atoms with Crippen LogP contribution in [0.25, 0.3) is 0 Å². The molecule has 0 saturated carbocycles. The summed E-state index contributed by atoms with van der Waals surface area (Å²) < 4.78 is 10.8. The summed E-state index contributed by atoms with van der Waals surface area (Å²) in [6, 6.07) is 9.28. The van der Waals surface area contributed by atoms with Crippen LogP contribution in [0.1, 0.15) is 18.1 Å². The van der Waals surface area contributed by atoms with Crippen LogP contribution in [-0.4, -0.2) is 19.9 Å². The fourth-order valence-electron chi connectivity index (χ4n) is 1.93. The van der Waals surface area contributed by atoms with Gasteiger partial charge in [0.25, 0.3) is 0 Å². The molecular formula is C17H17Cl2NO2. The molecule has 0 bridgehead atoms. The number of benzene rings is 2. The average molecular weight is 338 g/mol. The Morgan fingerprint density at radius 3 is 2.55 bits per heavy atom. The SMILES string of the molecule is CCOc1cc(C=Nc2ccc(C)c(Cl)c2)cc(Cl)c1OC. The van der Waals surface area contributed by atoms with Gasteiger partial charge in [-0.25, -0.2) is 0 Å². The van der Waals surface area contributed by atoms with Gasteiger partial charge in [-0.2, -0.15) is 0 Å². The molecule has 0 aromatic heterocycles. The number of hydrogen-bond donors (Lipinski definition) is 0. The number of rotatable bonds is 5. The number of nitrogens with zero attached hydrogens (tertiary/aromatic N) is 1. The average Bonchev–Trinajstić information content (AvgIpc) is 2.49. The van der Waals surface area contributed by atoms with Crippen molar-refractivity contribution in [3.05, 3.63) is 51.5 Å². The molecule has 0 aliphatic carbocycles. The van der Waals surface area contributed by atoms with Gasteiger partial charge in [0.2, 0.25) is 0 Å². The summed E-state index contributed by atoms with van der Waals surface area (Å²) >= 11 is 12.3. The van der Waals surface area contributed by atoms with Gasteiger partial charge in [-0.15, -0.1) is 0 Å². The Morgan fingerprint density at radius 1 is 1.14 bits per heavy atom. The van der Waals surface area contributed by atoms with Crippen molar-refractivity contribution in [2.45, 2.75) is 13.8 Å². The van der Waals surface area contributed by atoms with E-state index in [-0.39, 0.29) is 0 Å². The summed E-state index contributed by atoms with van der Waals surface area (Å²) in [5, 5.41) is 1.18. The molecule has 116 valence electrons. The highest BCUT2D eigenvalue weighted by atomic mass is 35.5. The van der Waals surface area contributed by atoms with E-state index < -0.39 is 0 Å². The van der Waals surface area contributed by atoms with Crippen molar-refractivity contribution in [2.24, 2.45) is 4.99 Å². The van der Waals surface area contributed by atoms with Gasteiger partial charge in [-0.1, -0.05) is 29.3 Å². The van der Waals surface area contributed by atoms with Crippen molar-refractivity contribution in [1.29, 1.82) is 0 Å². The molecule has 2 aromatic rings. The second-order valence-electron chi connectivity index (χ2n) is 4.66. The van der Waals surface area contributed by atoms with Crippen LogP contribution in [0.5, 0.6) is 11.5 Å². The molecule has 0 spiro atoms. The number of hydrogen-bond acceptors (Lipinski definition) is 3. The van der Waals surface area contributed by atoms with Crippen molar-refractivity contribution in [1.82, 2.24) is 0 Å². The lowest BCUT2D eigenvalue weighted by Gasteiger charge is -2.11. The standard InChI is InChI=1S/C17H17Cl2NO2/c1-4-22-16-8-12(7-15(19)17(16)21-3)10-20-13-6-5-11(2)14(18)9-13/h5-10H,4H2,1-3H3. The number of ether oxygens (including phenoxy) is 2. The molecular weight excluding hydrogens is 321 g/mol. The maximum absolute atomic E-state index is 6.21. The van der Waals surface area contributed by atoms with E-state index in [2.05, 4.69) is 4.99 Å². The molecule has 0 radical (unpaired) electrons. The van der Waals surface area contributed by atoms with Gasteiger partial charge in [-0.05, 0) is 49.2 Å². The van der Waals surface area contributed by atoms with E-state index in [1.54, 1.807) is 19.4 Å². The third-order valence-electron chi connectivity index (χ3n) is 3.05. The lowest BCUT2D eigenvalue weighted by molar-refractivity contribution is 0.311. The van der Waals surface area contributed by atoms with E-state index in [9.17, 15) is 0 Å². The summed E-state index contributed by atoms with van der Waals surface area (Å²) in [6.07, 6.45) is 1.72. The first-order valence-corrected chi connectivity index (χ1v) is 7.61. The summed E-state index contributed by atoms with van der Waals surface area (Å²) in [4.78, 5) is 4.41. The maximum Gasteiger partial charge on any atom is 0.179 e. The topological polar surface area (TPSA) is 30.8 Å². The molecule has 0 heterocycles. The molecule has 0 amide bonds. The van der Waals surface area contributed by atoms with Crippen LogP contribution in [-0.2, 0) is 0 Å². The second kappa shape index (κ2) is 7.52. The predicted octanol–water partition coefficient (Wildman–Crippen LogP) is 5.46. The highest BCUT2D eigenvalue weighted by Crippen LogP contribution is 2.36. The maximum atomic E-state index is 6.21. The minimum atomic E-state index is 0.483. The molecule has 2 aromatic carbocycles. The summed E-state index contributed by atoms with van der Waals surface area (Å²) in [7, 11) is 1.56. The first kappa shape index (κ1) is 16.7. The Hall–Kier alpha value is -1.71. The Morgan fingerprint density at radius 2 is 1.91 bits per heavy atom. The van der Waals surface area contributed by atoms with Gasteiger partial charge >= 0.3 is 0 Å². The van der Waals surface area contributed by atoms with Crippen LogP contribution in [0.15, 0.2) is 35.3 Å². The first-order valence-electron chi connectivity index (χ1n) is 6.85. The van der Waals surface area contributed by atoms with Crippen LogP contribution < -0.4 is 9.47 Å². The predicted molar refractivity (Wildman–Crippen MR) is 92.6 cm³/mol. The van der Waals surface area contributed by atoms with Crippen molar-refractivity contribution in [2.75, 3.05) is 13.7 Å². The smallest absolute Gasteiger partial charge is 0.179 e. The Kier molecular flexibility index (Phi) is 5.69. The van der Waals surface area contributed by atoms with E-state index in [4.69, 9.17) is 32.7 Å². The van der Waals surface area contributed by atoms with Gasteiger partial charge in [0.1, 0.15) is 0 Å². The third-order valence-corrected chi connectivity index (χ3v) is 3.74. The highest BCUT2D eigenvalue weighted by Gasteiger charge is 2.10. The molecule has 2 rings (SSSR count). The Labute approximate surface area is 140 Å². The van der Waals surface area contributed by atoms with Crippen LogP contribution in [0.3, 0.4) is 0 Å². The molecule has 5 heteroatoms. The molecule has 0 aliphatic heterocycles. The number of aryl methyl sites for hydroxylation is 1. The summed E-state index contributed by atoms with van der Waals surface area (Å²) in [6.45, 7) is 4.39. The van der Waals surface area contributed by atoms with Gasteiger partial charge in [-0.3, -0.25) is 4.99 Å². The first-order chi connectivity index (χ1) is 10.5. The quantitative estimate of drug-likeness (QED) is 0.678. The largest absolute Gasteiger partial charge is 0.491 e. The van der Waals surface area contributed by atoms with E-state index in [0.717, 1.165) is 16.8 Å². The zero-order chi connectivity index (χ0) is 16.1. The molecule has 0 atom stereocenters. The number of halogens is 2. The van der Waals surface area contributed by atoms with Crippen LogP contribution in [0.2, 0.25) is 10.0 Å². The lowest BCUT2D eigenvalue weighted by Crippen LogP contribution is -1.97. The third kappa shape index (κ3) is 3.93. The van der Waals surface area contributed by atoms with Crippen molar-refractivity contribution < 1.29 is 9.47 Å². The molecule has 0 saturated heterocycles. The Bertz CT molecular complexity index is 699. The second-order valence-corrected chi connectivity index (χ2v) is 5.47. The fraction of sp³-hybridized carbons (Fsp3) is 0.235. The fourth-order valence-corrected chi connectivity index (χ4v) is 2.41. The van der Waals surface area contributed by atoms with Crippen LogP contribution in [0, 0.1) is 6.92 Å². The van der Waals surface area contributed by atoms with Crippen LogP contribution in [0.4, 0.5) is 5.69 Å². The van der Waals surface area contributed by atoms with Gasteiger partial charge in [0.05, 0.1) is 24.4 Å². The van der Waals surface area contributed by atoms with E-state index in [0.29, 0.717) is 28.2 Å². The normalized spacial score (nSPS) is 11.0. The zero-order valence-corrected chi connectivity index (χ0v) is 14.2. The van der Waals surface area contributed by atoms with E-state index in [1.807, 2.05) is 38.1 Å². The van der Waals surface area contributed by atoms with Crippen molar-refractivity contribution >= 4 is 35.1 Å². The molecule has 0 N–H and O–H groups in total. The summed E-state index contributed by atoms with van der Waals surface area (Å²) in [5.74, 6) is 1.12. The van der Waals surface area contributed by atoms with Gasteiger partial charge in [0.15, 0.2) is 11.5 Å². The van der Waals surface area contributed by atoms with Gasteiger partial charge < -0.3 is 9.47 Å². The minimum absolute atomic E-state index is 0.483.